The molecule has 3 saturated carbocycles. The van der Waals surface area contributed by atoms with Gasteiger partial charge in [0.1, 0.15) is 29.7 Å². The number of benzene rings is 1. The molecular weight excluding hydrogens is 572 g/mol. The van der Waals surface area contributed by atoms with Crippen molar-refractivity contribution in [3.8, 4) is 11.6 Å². The highest BCUT2D eigenvalue weighted by atomic mass is 16.6. The molecule has 10 heteroatoms. The number of ketones is 1. The van der Waals surface area contributed by atoms with Crippen molar-refractivity contribution >= 4 is 28.8 Å². The number of rotatable bonds is 2. The number of alkyl carbamates (subject to hydrolysis) is 1. The fourth-order valence-electron chi connectivity index (χ4n) is 8.15. The Balaban J connectivity index is 1.36. The summed E-state index contributed by atoms with van der Waals surface area (Å²) < 4.78 is 18.2. The van der Waals surface area contributed by atoms with E-state index >= 15 is 0 Å². The largest absolute Gasteiger partial charge is 0.497 e. The van der Waals surface area contributed by atoms with Crippen LogP contribution in [0.2, 0.25) is 0 Å². The Labute approximate surface area is 266 Å². The van der Waals surface area contributed by atoms with Crippen LogP contribution in [0.1, 0.15) is 85.3 Å². The summed E-state index contributed by atoms with van der Waals surface area (Å²) >= 11 is 0. The molecule has 0 unspecified atom stereocenters. The van der Waals surface area contributed by atoms with Crippen molar-refractivity contribution in [1.82, 2.24) is 20.2 Å². The molecule has 4 fully saturated rings. The lowest BCUT2D eigenvalue weighted by Gasteiger charge is -2.50. The van der Waals surface area contributed by atoms with Crippen molar-refractivity contribution in [3.63, 3.8) is 0 Å². The van der Waals surface area contributed by atoms with Crippen LogP contribution in [0.3, 0.4) is 0 Å². The summed E-state index contributed by atoms with van der Waals surface area (Å²) in [4.78, 5) is 52.2. The van der Waals surface area contributed by atoms with Gasteiger partial charge in [0.05, 0.1) is 30.7 Å². The molecule has 244 valence electrons. The van der Waals surface area contributed by atoms with Crippen LogP contribution in [0.4, 0.5) is 4.79 Å². The van der Waals surface area contributed by atoms with Crippen LogP contribution < -0.4 is 14.8 Å². The number of aryl methyl sites for hydroxylation is 1. The smallest absolute Gasteiger partial charge is 0.408 e. The average molecular weight is 621 g/mol. The van der Waals surface area contributed by atoms with Gasteiger partial charge in [-0.25, -0.2) is 14.8 Å². The van der Waals surface area contributed by atoms with E-state index in [0.29, 0.717) is 41.3 Å². The van der Waals surface area contributed by atoms with E-state index in [1.165, 1.54) is 19.8 Å². The minimum absolute atomic E-state index is 0.123. The number of carbonyl (C=O) groups excluding carboxylic acids is 3. The van der Waals surface area contributed by atoms with E-state index in [-0.39, 0.29) is 30.3 Å². The van der Waals surface area contributed by atoms with E-state index < -0.39 is 29.7 Å². The van der Waals surface area contributed by atoms with Crippen LogP contribution in [-0.4, -0.2) is 70.6 Å². The molecule has 7 rings (SSSR count). The molecule has 4 bridgehead atoms. The summed E-state index contributed by atoms with van der Waals surface area (Å²) in [7, 11) is 1.62. The van der Waals surface area contributed by atoms with Gasteiger partial charge < -0.3 is 24.4 Å². The minimum atomic E-state index is -0.878. The highest BCUT2D eigenvalue weighted by Gasteiger charge is 2.50. The summed E-state index contributed by atoms with van der Waals surface area (Å²) in [6.45, 7) is 9.39. The number of ether oxygens (including phenoxy) is 3. The van der Waals surface area contributed by atoms with Crippen molar-refractivity contribution in [2.75, 3.05) is 13.7 Å². The molecule has 5 aliphatic rings. The van der Waals surface area contributed by atoms with Crippen LogP contribution >= 0.6 is 0 Å². The van der Waals surface area contributed by atoms with Crippen LogP contribution in [0, 0.1) is 29.1 Å². The first-order valence-corrected chi connectivity index (χ1v) is 16.7. The van der Waals surface area contributed by atoms with Gasteiger partial charge in [-0.3, -0.25) is 9.59 Å². The zero-order valence-electron chi connectivity index (χ0n) is 27.5. The van der Waals surface area contributed by atoms with Crippen LogP contribution in [0.5, 0.6) is 11.6 Å². The Kier molecular flexibility index (Phi) is 8.69. The Morgan fingerprint density at radius 1 is 1.02 bits per heavy atom. The fraction of sp³-hybridized carbons (Fsp3) is 0.686. The van der Waals surface area contributed by atoms with Crippen molar-refractivity contribution in [2.45, 2.75) is 110 Å². The standard InChI is InChI=1S/C35H48N4O6/c1-19-29-18-39(30(19)20(2)40)33(41)31(35(3,4)5)38-34(42)45-28-16-21-14-22(15-21)24(28)10-8-7-9-11-26-32(44-29)37-27-17-23(43-6)12-13-25(27)36-26/h12-13,17,19,21-22,24,28-31H,7-11,14-16,18H2,1-6H3,(H,38,42)/t19-,21?,22?,24-,28-,29+,30+,31-/m1/s1. The third-order valence-corrected chi connectivity index (χ3v) is 10.7. The molecule has 1 saturated heterocycles. The number of Topliss-reactive ketones (excluding diaryl/α,β-unsaturated/α-hetero) is 1. The zero-order valence-corrected chi connectivity index (χ0v) is 27.5. The number of aromatic nitrogens is 2. The number of amides is 2. The normalized spacial score (nSPS) is 32.5. The summed E-state index contributed by atoms with van der Waals surface area (Å²) in [6, 6.07) is 4.06. The van der Waals surface area contributed by atoms with E-state index in [4.69, 9.17) is 24.2 Å². The predicted molar refractivity (Wildman–Crippen MR) is 169 cm³/mol. The molecule has 1 aromatic heterocycles. The number of methoxy groups -OCH3 is 1. The van der Waals surface area contributed by atoms with Crippen molar-refractivity contribution < 1.29 is 28.6 Å². The van der Waals surface area contributed by atoms with Crippen LogP contribution in [0.25, 0.3) is 11.0 Å². The lowest BCUT2D eigenvalue weighted by molar-refractivity contribution is -0.141. The number of nitrogens with one attached hydrogen (secondary N) is 1. The fourth-order valence-corrected chi connectivity index (χ4v) is 8.15. The lowest BCUT2D eigenvalue weighted by Crippen LogP contribution is -2.58. The quantitative estimate of drug-likeness (QED) is 0.468. The van der Waals surface area contributed by atoms with Crippen molar-refractivity contribution in [1.29, 1.82) is 0 Å². The van der Waals surface area contributed by atoms with E-state index in [2.05, 4.69) is 5.32 Å². The summed E-state index contributed by atoms with van der Waals surface area (Å²) in [5, 5.41) is 2.94. The van der Waals surface area contributed by atoms with Gasteiger partial charge in [-0.2, -0.15) is 0 Å². The molecule has 3 aliphatic carbocycles. The maximum atomic E-state index is 14.3. The second-order valence-corrected chi connectivity index (χ2v) is 14.9. The number of nitrogens with zero attached hydrogens (tertiary/aromatic N) is 3. The first kappa shape index (κ1) is 31.5. The molecule has 45 heavy (non-hydrogen) atoms. The van der Waals surface area contributed by atoms with Gasteiger partial charge in [0.15, 0.2) is 5.78 Å². The first-order chi connectivity index (χ1) is 21.4. The van der Waals surface area contributed by atoms with E-state index in [1.807, 2.05) is 45.9 Å². The maximum Gasteiger partial charge on any atom is 0.408 e. The van der Waals surface area contributed by atoms with Gasteiger partial charge in [-0.05, 0) is 80.8 Å². The number of hydrogen-bond acceptors (Lipinski definition) is 8. The monoisotopic (exact) mass is 620 g/mol. The van der Waals surface area contributed by atoms with E-state index in [0.717, 1.165) is 43.3 Å². The second kappa shape index (κ2) is 12.4. The average Bonchev–Trinajstić information content (AvgIpc) is 3.29. The van der Waals surface area contributed by atoms with Crippen LogP contribution in [0.15, 0.2) is 18.2 Å². The van der Waals surface area contributed by atoms with Crippen molar-refractivity contribution in [3.05, 3.63) is 23.9 Å². The molecule has 10 nitrogen and oxygen atoms in total. The molecular formula is C35H48N4O6. The SMILES string of the molecule is COc1ccc2nc3c(nc2c1)O[C@H]1CN(C(=O)[C@H](C(C)(C)C)NC(=O)O[C@@H]2CC4CC(C4)[C@H]2CCCCC3)[C@H](C(C)=O)[C@@H]1C. The maximum absolute atomic E-state index is 14.3. The van der Waals surface area contributed by atoms with Crippen molar-refractivity contribution in [2.24, 2.45) is 29.1 Å². The first-order valence-electron chi connectivity index (χ1n) is 16.7. The minimum Gasteiger partial charge on any atom is -0.497 e. The molecule has 1 N–H and O–H groups in total. The molecule has 2 aromatic rings. The highest BCUT2D eigenvalue weighted by Crippen LogP contribution is 2.51. The Hall–Kier alpha value is -3.43. The number of hydrogen-bond donors (Lipinski definition) is 1. The third-order valence-electron chi connectivity index (χ3n) is 10.7. The molecule has 6 atom stereocenters. The Bertz CT molecular complexity index is 1450. The van der Waals surface area contributed by atoms with Crippen LogP contribution in [-0.2, 0) is 20.7 Å². The number of fused-ring (bicyclic) bond motifs is 4. The number of carbonyl (C=O) groups is 3. The Morgan fingerprint density at radius 2 is 1.80 bits per heavy atom. The van der Waals surface area contributed by atoms with Gasteiger partial charge in [-0.15, -0.1) is 0 Å². The highest BCUT2D eigenvalue weighted by molar-refractivity contribution is 5.92. The molecule has 2 amide bonds. The topological polar surface area (TPSA) is 120 Å². The Morgan fingerprint density at radius 3 is 2.51 bits per heavy atom. The molecule has 0 radical (unpaired) electrons. The molecule has 3 heterocycles. The summed E-state index contributed by atoms with van der Waals surface area (Å²) in [6.07, 6.45) is 6.85. The molecule has 1 aromatic carbocycles. The molecule has 2 aliphatic heterocycles. The zero-order chi connectivity index (χ0) is 32.0. The lowest BCUT2D eigenvalue weighted by atomic mass is 9.58. The van der Waals surface area contributed by atoms with E-state index in [1.54, 1.807) is 12.0 Å². The second-order valence-electron chi connectivity index (χ2n) is 14.9. The third kappa shape index (κ3) is 6.34. The van der Waals surface area contributed by atoms with Gasteiger partial charge in [-0.1, -0.05) is 40.5 Å². The predicted octanol–water partition coefficient (Wildman–Crippen LogP) is 5.49. The van der Waals surface area contributed by atoms with E-state index in [9.17, 15) is 14.4 Å². The molecule has 0 spiro atoms. The summed E-state index contributed by atoms with van der Waals surface area (Å²) in [5.41, 5.74) is 1.59. The van der Waals surface area contributed by atoms with Gasteiger partial charge in [0, 0.05) is 12.0 Å². The summed E-state index contributed by atoms with van der Waals surface area (Å²) in [5.74, 6) is 1.93. The van der Waals surface area contributed by atoms with Gasteiger partial charge in [0.2, 0.25) is 11.8 Å². The van der Waals surface area contributed by atoms with Gasteiger partial charge in [0.25, 0.3) is 0 Å². The van der Waals surface area contributed by atoms with Gasteiger partial charge >= 0.3 is 6.09 Å².